The van der Waals surface area contributed by atoms with Gasteiger partial charge >= 0.3 is 0 Å². The Bertz CT molecular complexity index is 264. The average Bonchev–Trinajstić information content (AvgIpc) is 2.16. The van der Waals surface area contributed by atoms with Crippen molar-refractivity contribution < 1.29 is 0 Å². The van der Waals surface area contributed by atoms with Gasteiger partial charge in [-0.15, -0.1) is 0 Å². The fourth-order valence-corrected chi connectivity index (χ4v) is 1.12. The van der Waals surface area contributed by atoms with Crippen LogP contribution in [0.25, 0.3) is 0 Å². The second-order valence-electron chi connectivity index (χ2n) is 4.22. The Labute approximate surface area is 86.8 Å². The van der Waals surface area contributed by atoms with Gasteiger partial charge in [0.25, 0.3) is 0 Å². The first-order chi connectivity index (χ1) is 6.59. The number of nitrogens with zero attached hydrogens (tertiary/aromatic N) is 1. The molecule has 2 heteroatoms. The summed E-state index contributed by atoms with van der Waals surface area (Å²) in [4.78, 5) is 4.26. The molecule has 0 radical (unpaired) electrons. The summed E-state index contributed by atoms with van der Waals surface area (Å²) in [6, 6.07) is 4.73. The fourth-order valence-electron chi connectivity index (χ4n) is 1.12. The van der Waals surface area contributed by atoms with Gasteiger partial charge in [-0.1, -0.05) is 19.9 Å². The minimum absolute atomic E-state index is 0.552. The van der Waals surface area contributed by atoms with E-state index in [1.807, 2.05) is 13.1 Å². The maximum atomic E-state index is 4.26. The van der Waals surface area contributed by atoms with E-state index in [0.29, 0.717) is 12.0 Å². The van der Waals surface area contributed by atoms with E-state index >= 15 is 0 Å². The Balaban J connectivity index is 2.42. The molecule has 1 N–H and O–H groups in total. The van der Waals surface area contributed by atoms with Gasteiger partial charge in [0.05, 0.1) is 0 Å². The number of aromatic nitrogens is 1. The van der Waals surface area contributed by atoms with Crippen LogP contribution in [0.2, 0.25) is 0 Å². The maximum Gasteiger partial charge on any atom is 0.0372 e. The highest BCUT2D eigenvalue weighted by molar-refractivity contribution is 5.12. The first kappa shape index (κ1) is 11.2. The highest BCUT2D eigenvalue weighted by Gasteiger charge is 2.05. The summed E-state index contributed by atoms with van der Waals surface area (Å²) >= 11 is 0. The number of pyridine rings is 1. The van der Waals surface area contributed by atoms with Gasteiger partial charge in [-0.2, -0.15) is 0 Å². The van der Waals surface area contributed by atoms with Gasteiger partial charge in [0.1, 0.15) is 0 Å². The molecule has 2 nitrogen and oxygen atoms in total. The molecule has 1 aromatic heterocycles. The SMILES string of the molecule is Cc1ccc(CNC(C)C(C)C)cn1. The lowest BCUT2D eigenvalue weighted by Crippen LogP contribution is -2.30. The van der Waals surface area contributed by atoms with Gasteiger partial charge in [0.2, 0.25) is 0 Å². The van der Waals surface area contributed by atoms with Crippen LogP contribution in [0.4, 0.5) is 0 Å². The Morgan fingerprint density at radius 2 is 2.00 bits per heavy atom. The Morgan fingerprint density at radius 3 is 2.50 bits per heavy atom. The summed E-state index contributed by atoms with van der Waals surface area (Å²) in [6.45, 7) is 9.59. The van der Waals surface area contributed by atoms with Crippen molar-refractivity contribution in [1.82, 2.24) is 10.3 Å². The molecule has 78 valence electrons. The van der Waals surface area contributed by atoms with Crippen molar-refractivity contribution in [3.05, 3.63) is 29.6 Å². The molecule has 0 fully saturated rings. The Morgan fingerprint density at radius 1 is 1.29 bits per heavy atom. The van der Waals surface area contributed by atoms with Crippen LogP contribution in [0.3, 0.4) is 0 Å². The van der Waals surface area contributed by atoms with Crippen LogP contribution in [0, 0.1) is 12.8 Å². The van der Waals surface area contributed by atoms with E-state index in [1.165, 1.54) is 5.56 Å². The van der Waals surface area contributed by atoms with Crippen molar-refractivity contribution in [3.8, 4) is 0 Å². The van der Waals surface area contributed by atoms with Crippen molar-refractivity contribution in [1.29, 1.82) is 0 Å². The number of hydrogen-bond acceptors (Lipinski definition) is 2. The van der Waals surface area contributed by atoms with Crippen molar-refractivity contribution in [2.45, 2.75) is 40.3 Å². The predicted molar refractivity (Wildman–Crippen MR) is 60.1 cm³/mol. The lowest BCUT2D eigenvalue weighted by atomic mass is 10.1. The van der Waals surface area contributed by atoms with Crippen LogP contribution in [-0.4, -0.2) is 11.0 Å². The van der Waals surface area contributed by atoms with Crippen LogP contribution >= 0.6 is 0 Å². The van der Waals surface area contributed by atoms with E-state index in [9.17, 15) is 0 Å². The standard InChI is InChI=1S/C12H20N2/c1-9(2)11(4)14-8-12-6-5-10(3)13-7-12/h5-7,9,11,14H,8H2,1-4H3. The molecule has 1 rings (SSSR count). The molecule has 0 aliphatic rings. The second-order valence-corrected chi connectivity index (χ2v) is 4.22. The molecule has 0 aromatic carbocycles. The summed E-state index contributed by atoms with van der Waals surface area (Å²) in [5, 5.41) is 3.48. The van der Waals surface area contributed by atoms with Crippen LogP contribution in [0.15, 0.2) is 18.3 Å². The zero-order valence-electron chi connectivity index (χ0n) is 9.54. The molecule has 0 bridgehead atoms. The van der Waals surface area contributed by atoms with Gasteiger partial charge < -0.3 is 5.32 Å². The molecule has 1 unspecified atom stereocenters. The summed E-state index contributed by atoms with van der Waals surface area (Å²) in [7, 11) is 0. The molecule has 14 heavy (non-hydrogen) atoms. The third-order valence-corrected chi connectivity index (χ3v) is 2.60. The van der Waals surface area contributed by atoms with Crippen molar-refractivity contribution in [2.24, 2.45) is 5.92 Å². The molecule has 0 saturated heterocycles. The molecular weight excluding hydrogens is 172 g/mol. The van der Waals surface area contributed by atoms with Gasteiger partial charge in [-0.3, -0.25) is 4.98 Å². The summed E-state index contributed by atoms with van der Waals surface area (Å²) in [5.41, 5.74) is 2.33. The van der Waals surface area contributed by atoms with Crippen molar-refractivity contribution in [3.63, 3.8) is 0 Å². The third-order valence-electron chi connectivity index (χ3n) is 2.60. The minimum Gasteiger partial charge on any atom is -0.310 e. The van der Waals surface area contributed by atoms with E-state index in [4.69, 9.17) is 0 Å². The lowest BCUT2D eigenvalue weighted by molar-refractivity contribution is 0.426. The maximum absolute atomic E-state index is 4.26. The average molecular weight is 192 g/mol. The lowest BCUT2D eigenvalue weighted by Gasteiger charge is -2.17. The van der Waals surface area contributed by atoms with E-state index in [0.717, 1.165) is 12.2 Å². The number of aryl methyl sites for hydroxylation is 1. The topological polar surface area (TPSA) is 24.9 Å². The smallest absolute Gasteiger partial charge is 0.0372 e. The Hall–Kier alpha value is -0.890. The molecule has 0 spiro atoms. The van der Waals surface area contributed by atoms with E-state index < -0.39 is 0 Å². The zero-order valence-corrected chi connectivity index (χ0v) is 9.54. The second kappa shape index (κ2) is 5.11. The van der Waals surface area contributed by atoms with Gasteiger partial charge in [0.15, 0.2) is 0 Å². The van der Waals surface area contributed by atoms with Crippen LogP contribution in [-0.2, 0) is 6.54 Å². The van der Waals surface area contributed by atoms with Gasteiger partial charge in [-0.05, 0) is 31.4 Å². The predicted octanol–water partition coefficient (Wildman–Crippen LogP) is 2.52. The van der Waals surface area contributed by atoms with E-state index in [-0.39, 0.29) is 0 Å². The monoisotopic (exact) mass is 192 g/mol. The molecular formula is C12H20N2. The van der Waals surface area contributed by atoms with Crippen LogP contribution < -0.4 is 5.32 Å². The van der Waals surface area contributed by atoms with Gasteiger partial charge in [-0.25, -0.2) is 0 Å². The molecule has 0 amide bonds. The van der Waals surface area contributed by atoms with Crippen LogP contribution in [0.5, 0.6) is 0 Å². The largest absolute Gasteiger partial charge is 0.310 e. The molecule has 0 aliphatic carbocycles. The molecule has 0 saturated carbocycles. The fraction of sp³-hybridized carbons (Fsp3) is 0.583. The highest BCUT2D eigenvalue weighted by Crippen LogP contribution is 2.03. The minimum atomic E-state index is 0.552. The highest BCUT2D eigenvalue weighted by atomic mass is 14.9. The quantitative estimate of drug-likeness (QED) is 0.793. The first-order valence-corrected chi connectivity index (χ1v) is 5.24. The normalized spacial score (nSPS) is 13.2. The number of rotatable bonds is 4. The number of hydrogen-bond donors (Lipinski definition) is 1. The zero-order chi connectivity index (χ0) is 10.6. The molecule has 1 heterocycles. The first-order valence-electron chi connectivity index (χ1n) is 5.24. The number of nitrogens with one attached hydrogen (secondary N) is 1. The van der Waals surface area contributed by atoms with Crippen molar-refractivity contribution in [2.75, 3.05) is 0 Å². The molecule has 1 aromatic rings. The summed E-state index contributed by atoms with van der Waals surface area (Å²) in [5.74, 6) is 0.674. The van der Waals surface area contributed by atoms with Crippen molar-refractivity contribution >= 4 is 0 Å². The molecule has 0 aliphatic heterocycles. The van der Waals surface area contributed by atoms with Crippen LogP contribution in [0.1, 0.15) is 32.0 Å². The summed E-state index contributed by atoms with van der Waals surface area (Å²) in [6.07, 6.45) is 1.94. The third kappa shape index (κ3) is 3.46. The van der Waals surface area contributed by atoms with E-state index in [2.05, 4.69) is 43.2 Å². The molecule has 1 atom stereocenters. The van der Waals surface area contributed by atoms with Gasteiger partial charge in [0, 0.05) is 24.5 Å². The van der Waals surface area contributed by atoms with E-state index in [1.54, 1.807) is 0 Å². The Kier molecular flexibility index (Phi) is 4.08. The summed E-state index contributed by atoms with van der Waals surface area (Å²) < 4.78 is 0.